The van der Waals surface area contributed by atoms with Crippen molar-refractivity contribution in [3.8, 4) is 0 Å². The largest absolute Gasteiger partial charge is 0.358 e. The van der Waals surface area contributed by atoms with Gasteiger partial charge in [-0.05, 0) is 26.7 Å². The lowest BCUT2D eigenvalue weighted by atomic mass is 10.4. The van der Waals surface area contributed by atoms with Crippen LogP contribution in [0.3, 0.4) is 0 Å². The Morgan fingerprint density at radius 2 is 2.27 bits per heavy atom. The molecule has 1 aliphatic heterocycles. The molecule has 86 valence electrons. The van der Waals surface area contributed by atoms with Gasteiger partial charge in [0.25, 0.3) is 0 Å². The molecule has 1 fully saturated rings. The standard InChI is InChI=1S/C9H17N3OS2/c1-3-11(4-2)9(14)15-8-6-5-7-12(8)10-13/h8H,3-7H2,1-2H3. The van der Waals surface area contributed by atoms with Crippen LogP contribution < -0.4 is 0 Å². The summed E-state index contributed by atoms with van der Waals surface area (Å²) in [6.45, 7) is 6.77. The van der Waals surface area contributed by atoms with Gasteiger partial charge in [-0.3, -0.25) is 0 Å². The maximum atomic E-state index is 10.5. The smallest absolute Gasteiger partial charge is 0.138 e. The van der Waals surface area contributed by atoms with E-state index in [-0.39, 0.29) is 5.37 Å². The predicted octanol–water partition coefficient (Wildman–Crippen LogP) is 2.45. The van der Waals surface area contributed by atoms with Gasteiger partial charge in [-0.25, -0.2) is 5.01 Å². The van der Waals surface area contributed by atoms with Crippen LogP contribution in [0.2, 0.25) is 0 Å². The van der Waals surface area contributed by atoms with E-state index in [9.17, 15) is 4.91 Å². The molecule has 1 unspecified atom stereocenters. The van der Waals surface area contributed by atoms with Crippen LogP contribution in [0.25, 0.3) is 0 Å². The molecule has 0 N–H and O–H groups in total. The van der Waals surface area contributed by atoms with Gasteiger partial charge in [-0.15, -0.1) is 4.91 Å². The lowest BCUT2D eigenvalue weighted by molar-refractivity contribution is 0.332. The zero-order chi connectivity index (χ0) is 11.3. The van der Waals surface area contributed by atoms with Crippen LogP contribution >= 0.6 is 24.0 Å². The Morgan fingerprint density at radius 1 is 1.60 bits per heavy atom. The minimum absolute atomic E-state index is 0.149. The van der Waals surface area contributed by atoms with Crippen LogP contribution in [0.5, 0.6) is 0 Å². The summed E-state index contributed by atoms with van der Waals surface area (Å²) in [5.74, 6) is 0. The molecule has 4 nitrogen and oxygen atoms in total. The average molecular weight is 247 g/mol. The molecule has 1 aliphatic rings. The van der Waals surface area contributed by atoms with E-state index in [1.807, 2.05) is 0 Å². The molecule has 1 heterocycles. The molecule has 0 aliphatic carbocycles. The minimum Gasteiger partial charge on any atom is -0.358 e. The number of nitroso groups, excluding NO2 is 1. The van der Waals surface area contributed by atoms with E-state index in [1.54, 1.807) is 16.8 Å². The van der Waals surface area contributed by atoms with Crippen LogP contribution in [0.4, 0.5) is 0 Å². The first kappa shape index (κ1) is 12.7. The van der Waals surface area contributed by atoms with Crippen molar-refractivity contribution in [2.75, 3.05) is 19.6 Å². The highest BCUT2D eigenvalue weighted by Gasteiger charge is 2.27. The Labute approximate surface area is 100 Å². The lowest BCUT2D eigenvalue weighted by Gasteiger charge is -2.24. The summed E-state index contributed by atoms with van der Waals surface area (Å²) in [5, 5.41) is 4.76. The van der Waals surface area contributed by atoms with Crippen molar-refractivity contribution >= 4 is 28.3 Å². The summed E-state index contributed by atoms with van der Waals surface area (Å²) >= 11 is 6.92. The monoisotopic (exact) mass is 247 g/mol. The maximum Gasteiger partial charge on any atom is 0.138 e. The van der Waals surface area contributed by atoms with Gasteiger partial charge in [0.15, 0.2) is 0 Å². The Hall–Kier alpha value is -0.360. The van der Waals surface area contributed by atoms with Crippen molar-refractivity contribution < 1.29 is 0 Å². The Kier molecular flexibility index (Phi) is 5.31. The number of hydrogen-bond acceptors (Lipinski definition) is 4. The first-order valence-corrected chi connectivity index (χ1v) is 6.57. The van der Waals surface area contributed by atoms with Crippen LogP contribution in [0.1, 0.15) is 26.7 Å². The Bertz CT molecular complexity index is 233. The molecule has 1 atom stereocenters. The van der Waals surface area contributed by atoms with Crippen molar-refractivity contribution in [3.05, 3.63) is 4.91 Å². The topological polar surface area (TPSA) is 35.9 Å². The molecular weight excluding hydrogens is 230 g/mol. The Morgan fingerprint density at radius 3 is 2.80 bits per heavy atom. The van der Waals surface area contributed by atoms with E-state index in [0.717, 1.165) is 36.8 Å². The van der Waals surface area contributed by atoms with Gasteiger partial charge in [0.1, 0.15) is 9.69 Å². The first-order chi connectivity index (χ1) is 7.22. The van der Waals surface area contributed by atoms with E-state index in [2.05, 4.69) is 24.0 Å². The van der Waals surface area contributed by atoms with Gasteiger partial charge >= 0.3 is 0 Å². The SMILES string of the molecule is CCN(CC)C(=S)SC1CCCN1N=O. The number of thioether (sulfide) groups is 1. The quantitative estimate of drug-likeness (QED) is 0.563. The summed E-state index contributed by atoms with van der Waals surface area (Å²) in [4.78, 5) is 12.6. The van der Waals surface area contributed by atoms with Crippen molar-refractivity contribution in [1.29, 1.82) is 0 Å². The van der Waals surface area contributed by atoms with E-state index in [1.165, 1.54) is 0 Å². The van der Waals surface area contributed by atoms with Crippen molar-refractivity contribution in [2.45, 2.75) is 32.1 Å². The fourth-order valence-corrected chi connectivity index (χ4v) is 3.39. The second-order valence-corrected chi connectivity index (χ2v) is 5.21. The highest BCUT2D eigenvalue weighted by atomic mass is 32.2. The fourth-order valence-electron chi connectivity index (χ4n) is 1.61. The maximum absolute atomic E-state index is 10.5. The van der Waals surface area contributed by atoms with Crippen LogP contribution in [0.15, 0.2) is 5.29 Å². The molecule has 0 aromatic rings. The molecule has 1 saturated heterocycles. The van der Waals surface area contributed by atoms with Crippen molar-refractivity contribution in [1.82, 2.24) is 9.91 Å². The average Bonchev–Trinajstić information content (AvgIpc) is 2.67. The normalized spacial score (nSPS) is 20.4. The van der Waals surface area contributed by atoms with Gasteiger partial charge in [0, 0.05) is 19.6 Å². The molecule has 0 aromatic carbocycles. The third kappa shape index (κ3) is 3.31. The molecule has 0 aromatic heterocycles. The minimum atomic E-state index is 0.149. The van der Waals surface area contributed by atoms with Crippen LogP contribution in [0, 0.1) is 4.91 Å². The molecular formula is C9H17N3OS2. The summed E-state index contributed by atoms with van der Waals surface area (Å²) < 4.78 is 0.876. The third-order valence-electron chi connectivity index (χ3n) is 2.53. The van der Waals surface area contributed by atoms with E-state index in [0.29, 0.717) is 0 Å². The molecule has 0 spiro atoms. The number of thiocarbonyl (C=S) groups is 1. The van der Waals surface area contributed by atoms with Gasteiger partial charge in [-0.1, -0.05) is 24.0 Å². The molecule has 0 amide bonds. The van der Waals surface area contributed by atoms with Gasteiger partial charge in [0.2, 0.25) is 0 Å². The molecule has 0 radical (unpaired) electrons. The van der Waals surface area contributed by atoms with Crippen LogP contribution in [-0.2, 0) is 0 Å². The Balaban J connectivity index is 2.46. The van der Waals surface area contributed by atoms with Crippen molar-refractivity contribution in [2.24, 2.45) is 5.29 Å². The predicted molar refractivity (Wildman–Crippen MR) is 68.6 cm³/mol. The molecule has 15 heavy (non-hydrogen) atoms. The molecule has 6 heteroatoms. The fraction of sp³-hybridized carbons (Fsp3) is 0.889. The second kappa shape index (κ2) is 6.27. The summed E-state index contributed by atoms with van der Waals surface area (Å²) in [7, 11) is 0. The lowest BCUT2D eigenvalue weighted by Crippen LogP contribution is -2.30. The highest BCUT2D eigenvalue weighted by molar-refractivity contribution is 8.23. The zero-order valence-corrected chi connectivity index (χ0v) is 10.8. The van der Waals surface area contributed by atoms with Crippen LogP contribution in [-0.4, -0.2) is 39.2 Å². The zero-order valence-electron chi connectivity index (χ0n) is 9.18. The van der Waals surface area contributed by atoms with Gasteiger partial charge in [-0.2, -0.15) is 0 Å². The number of hydrogen-bond donors (Lipinski definition) is 0. The second-order valence-electron chi connectivity index (χ2n) is 3.40. The molecule has 0 saturated carbocycles. The highest BCUT2D eigenvalue weighted by Crippen LogP contribution is 2.29. The van der Waals surface area contributed by atoms with E-state index in [4.69, 9.17) is 12.2 Å². The summed E-state index contributed by atoms with van der Waals surface area (Å²) in [6, 6.07) is 0. The number of rotatable bonds is 4. The summed E-state index contributed by atoms with van der Waals surface area (Å²) in [6.07, 6.45) is 2.03. The van der Waals surface area contributed by atoms with Crippen molar-refractivity contribution in [3.63, 3.8) is 0 Å². The van der Waals surface area contributed by atoms with E-state index >= 15 is 0 Å². The van der Waals surface area contributed by atoms with E-state index < -0.39 is 0 Å². The molecule has 1 rings (SSSR count). The molecule has 0 bridgehead atoms. The first-order valence-electron chi connectivity index (χ1n) is 5.28. The van der Waals surface area contributed by atoms with Gasteiger partial charge < -0.3 is 4.90 Å². The third-order valence-corrected chi connectivity index (χ3v) is 4.29. The van der Waals surface area contributed by atoms with Gasteiger partial charge in [0.05, 0.1) is 5.29 Å². The number of nitrogens with zero attached hydrogens (tertiary/aromatic N) is 3. The summed E-state index contributed by atoms with van der Waals surface area (Å²) in [5.41, 5.74) is 0.